The Kier molecular flexibility index (Phi) is 7.68. The third kappa shape index (κ3) is 5.86. The van der Waals surface area contributed by atoms with Crippen LogP contribution in [0.5, 0.6) is 11.5 Å². The second-order valence-corrected chi connectivity index (χ2v) is 7.75. The van der Waals surface area contributed by atoms with Crippen LogP contribution in [0, 0.1) is 14.9 Å². The lowest BCUT2D eigenvalue weighted by Crippen LogP contribution is -2.02. The van der Waals surface area contributed by atoms with E-state index in [9.17, 15) is 10.1 Å². The van der Waals surface area contributed by atoms with Gasteiger partial charge in [0.1, 0.15) is 6.61 Å². The van der Waals surface area contributed by atoms with Crippen molar-refractivity contribution in [2.45, 2.75) is 13.5 Å². The van der Waals surface area contributed by atoms with Crippen LogP contribution in [-0.4, -0.2) is 17.7 Å². The fourth-order valence-corrected chi connectivity index (χ4v) is 3.72. The lowest BCUT2D eigenvalue weighted by atomic mass is 10.0. The van der Waals surface area contributed by atoms with Crippen molar-refractivity contribution in [1.29, 1.82) is 5.26 Å². The molecule has 0 amide bonds. The summed E-state index contributed by atoms with van der Waals surface area (Å²) in [5, 5.41) is 18.7. The zero-order valence-electron chi connectivity index (χ0n) is 16.8. The van der Waals surface area contributed by atoms with Crippen molar-refractivity contribution in [3.63, 3.8) is 0 Å². The Labute approximate surface area is 194 Å². The van der Waals surface area contributed by atoms with Crippen LogP contribution < -0.4 is 9.47 Å². The van der Waals surface area contributed by atoms with Crippen LogP contribution in [0.1, 0.15) is 34.0 Å². The molecule has 0 aliphatic heterocycles. The molecule has 0 unspecified atom stereocenters. The van der Waals surface area contributed by atoms with Gasteiger partial charge in [0.15, 0.2) is 11.5 Å². The van der Waals surface area contributed by atoms with Crippen LogP contribution >= 0.6 is 22.6 Å². The third-order valence-corrected chi connectivity index (χ3v) is 5.23. The van der Waals surface area contributed by atoms with Crippen molar-refractivity contribution >= 4 is 40.2 Å². The molecule has 0 aliphatic carbocycles. The second kappa shape index (κ2) is 10.6. The van der Waals surface area contributed by atoms with Crippen molar-refractivity contribution in [2.75, 3.05) is 6.61 Å². The Bertz CT molecular complexity index is 1130. The molecule has 3 aromatic carbocycles. The van der Waals surface area contributed by atoms with Crippen molar-refractivity contribution in [2.24, 2.45) is 0 Å². The van der Waals surface area contributed by atoms with Gasteiger partial charge < -0.3 is 14.6 Å². The van der Waals surface area contributed by atoms with Gasteiger partial charge >= 0.3 is 5.97 Å². The van der Waals surface area contributed by atoms with E-state index in [2.05, 4.69) is 28.7 Å². The minimum absolute atomic E-state index is 0.175. The number of rotatable bonds is 8. The van der Waals surface area contributed by atoms with Gasteiger partial charge in [0.2, 0.25) is 0 Å². The minimum Gasteiger partial charge on any atom is -0.490 e. The molecule has 5 nitrogen and oxygen atoms in total. The number of aromatic carboxylic acids is 1. The fourth-order valence-electron chi connectivity index (χ4n) is 2.94. The third-order valence-electron chi connectivity index (χ3n) is 4.43. The molecule has 6 heteroatoms. The molecule has 0 aliphatic rings. The smallest absolute Gasteiger partial charge is 0.335 e. The maximum Gasteiger partial charge on any atom is 0.335 e. The number of allylic oxidation sites excluding steroid dienone is 1. The quantitative estimate of drug-likeness (QED) is 0.221. The number of nitrogens with zero attached hydrogens (tertiary/aromatic N) is 1. The number of nitriles is 1. The molecule has 0 atom stereocenters. The molecule has 0 fully saturated rings. The van der Waals surface area contributed by atoms with E-state index in [1.165, 1.54) is 12.1 Å². The summed E-state index contributed by atoms with van der Waals surface area (Å²) in [5.41, 5.74) is 3.09. The van der Waals surface area contributed by atoms with Crippen LogP contribution in [-0.2, 0) is 6.61 Å². The van der Waals surface area contributed by atoms with E-state index in [1.807, 2.05) is 49.4 Å². The number of carboxylic acid groups (broad SMARTS) is 1. The lowest BCUT2D eigenvalue weighted by Gasteiger charge is -2.15. The molecule has 0 radical (unpaired) electrons. The Hall–Kier alpha value is -3.31. The van der Waals surface area contributed by atoms with Gasteiger partial charge in [-0.05, 0) is 76.5 Å². The molecule has 0 saturated heterocycles. The number of hydrogen-bond acceptors (Lipinski definition) is 4. The highest BCUT2D eigenvalue weighted by Crippen LogP contribution is 2.36. The van der Waals surface area contributed by atoms with E-state index in [0.29, 0.717) is 35.8 Å². The number of benzene rings is 3. The summed E-state index contributed by atoms with van der Waals surface area (Å²) in [6.45, 7) is 2.80. The van der Waals surface area contributed by atoms with Gasteiger partial charge in [-0.15, -0.1) is 0 Å². The summed E-state index contributed by atoms with van der Waals surface area (Å²) in [4.78, 5) is 11.0. The SMILES string of the molecule is CCOc1cc(/C=C(/C#N)c2ccc(C(=O)O)cc2)cc(I)c1OCc1ccccc1. The Morgan fingerprint density at radius 2 is 1.74 bits per heavy atom. The van der Waals surface area contributed by atoms with Gasteiger partial charge in [0, 0.05) is 0 Å². The van der Waals surface area contributed by atoms with Crippen molar-refractivity contribution < 1.29 is 19.4 Å². The minimum atomic E-state index is -1.00. The van der Waals surface area contributed by atoms with Crippen LogP contribution in [0.25, 0.3) is 11.6 Å². The molecule has 0 saturated carbocycles. The fraction of sp³-hybridized carbons (Fsp3) is 0.120. The molecule has 3 rings (SSSR count). The van der Waals surface area contributed by atoms with Crippen LogP contribution in [0.15, 0.2) is 66.7 Å². The first-order valence-electron chi connectivity index (χ1n) is 9.60. The maximum atomic E-state index is 11.0. The monoisotopic (exact) mass is 525 g/mol. The summed E-state index contributed by atoms with van der Waals surface area (Å²) in [5.74, 6) is 0.263. The molecule has 0 bridgehead atoms. The predicted molar refractivity (Wildman–Crippen MR) is 128 cm³/mol. The van der Waals surface area contributed by atoms with Crippen molar-refractivity contribution in [1.82, 2.24) is 0 Å². The first kappa shape index (κ1) is 22.4. The standard InChI is InChI=1S/C25H20INO4/c1-2-30-23-14-18(12-21(15-27)19-8-10-20(11-9-19)25(28)29)13-22(26)24(23)31-16-17-6-4-3-5-7-17/h3-14H,2,16H2,1H3,(H,28,29)/b21-12-. The molecular formula is C25H20INO4. The topological polar surface area (TPSA) is 79.5 Å². The molecule has 0 heterocycles. The van der Waals surface area contributed by atoms with E-state index in [0.717, 1.165) is 14.7 Å². The number of ether oxygens (including phenoxy) is 2. The Balaban J connectivity index is 1.91. The van der Waals surface area contributed by atoms with E-state index < -0.39 is 5.97 Å². The molecule has 0 spiro atoms. The number of carbonyl (C=O) groups is 1. The second-order valence-electron chi connectivity index (χ2n) is 6.59. The van der Waals surface area contributed by atoms with E-state index in [4.69, 9.17) is 14.6 Å². The van der Waals surface area contributed by atoms with Crippen molar-refractivity contribution in [3.05, 3.63) is 92.6 Å². The first-order valence-corrected chi connectivity index (χ1v) is 10.7. The highest BCUT2D eigenvalue weighted by atomic mass is 127. The normalized spacial score (nSPS) is 10.9. The number of hydrogen-bond donors (Lipinski definition) is 1. The van der Waals surface area contributed by atoms with E-state index in [1.54, 1.807) is 18.2 Å². The van der Waals surface area contributed by atoms with Gasteiger partial charge in [-0.25, -0.2) is 4.79 Å². The van der Waals surface area contributed by atoms with E-state index >= 15 is 0 Å². The zero-order chi connectivity index (χ0) is 22.2. The molecule has 3 aromatic rings. The first-order chi connectivity index (χ1) is 15.0. The Morgan fingerprint density at radius 1 is 1.06 bits per heavy atom. The maximum absolute atomic E-state index is 11.0. The van der Waals surface area contributed by atoms with E-state index in [-0.39, 0.29) is 5.56 Å². The van der Waals surface area contributed by atoms with Gasteiger partial charge in [0.25, 0.3) is 0 Å². The molecule has 31 heavy (non-hydrogen) atoms. The highest BCUT2D eigenvalue weighted by molar-refractivity contribution is 14.1. The summed E-state index contributed by atoms with van der Waals surface area (Å²) >= 11 is 2.20. The molecular weight excluding hydrogens is 505 g/mol. The van der Waals surface area contributed by atoms with Gasteiger partial charge in [0.05, 0.1) is 27.4 Å². The summed E-state index contributed by atoms with van der Waals surface area (Å²) in [6, 6.07) is 22.1. The molecule has 0 aromatic heterocycles. The molecule has 1 N–H and O–H groups in total. The lowest BCUT2D eigenvalue weighted by molar-refractivity contribution is 0.0697. The highest BCUT2D eigenvalue weighted by Gasteiger charge is 2.13. The van der Waals surface area contributed by atoms with Gasteiger partial charge in [-0.3, -0.25) is 0 Å². The predicted octanol–water partition coefficient (Wildman–Crippen LogP) is 6.03. The average molecular weight is 525 g/mol. The Morgan fingerprint density at radius 3 is 2.35 bits per heavy atom. The number of halogens is 1. The number of carboxylic acids is 1. The summed E-state index contributed by atoms with van der Waals surface area (Å²) in [7, 11) is 0. The zero-order valence-corrected chi connectivity index (χ0v) is 19.0. The average Bonchev–Trinajstić information content (AvgIpc) is 2.78. The van der Waals surface area contributed by atoms with Crippen molar-refractivity contribution in [3.8, 4) is 17.6 Å². The largest absolute Gasteiger partial charge is 0.490 e. The summed E-state index contributed by atoms with van der Waals surface area (Å²) < 4.78 is 12.7. The van der Waals surface area contributed by atoms with Crippen LogP contribution in [0.4, 0.5) is 0 Å². The summed E-state index contributed by atoms with van der Waals surface area (Å²) in [6.07, 6.45) is 1.75. The van der Waals surface area contributed by atoms with Gasteiger partial charge in [-0.1, -0.05) is 42.5 Å². The van der Waals surface area contributed by atoms with Crippen LogP contribution in [0.2, 0.25) is 0 Å². The van der Waals surface area contributed by atoms with Crippen LogP contribution in [0.3, 0.4) is 0 Å². The van der Waals surface area contributed by atoms with Gasteiger partial charge in [-0.2, -0.15) is 5.26 Å². The molecule has 156 valence electrons.